The van der Waals surface area contributed by atoms with E-state index in [0.717, 1.165) is 6.54 Å². The highest BCUT2D eigenvalue weighted by Gasteiger charge is 2.46. The van der Waals surface area contributed by atoms with Gasteiger partial charge in [-0.15, -0.1) is 0 Å². The Hall–Kier alpha value is -0.530. The van der Waals surface area contributed by atoms with E-state index in [1.54, 1.807) is 0 Å². The van der Waals surface area contributed by atoms with Crippen molar-refractivity contribution in [3.63, 3.8) is 0 Å². The highest BCUT2D eigenvalue weighted by atomic mass is 16.2. The van der Waals surface area contributed by atoms with Crippen molar-refractivity contribution in [1.29, 1.82) is 0 Å². The standard InChI is InChI=1S/C18H35NO/c1-5-7-9-11-13-18(3,14-12-10-8-6-2)16-15-19(4)17(16)20/h16H,5-15H2,1-4H3. The molecule has 2 nitrogen and oxygen atoms in total. The summed E-state index contributed by atoms with van der Waals surface area (Å²) in [5, 5.41) is 0. The molecule has 1 amide bonds. The molecule has 1 unspecified atom stereocenters. The minimum atomic E-state index is 0.255. The third kappa shape index (κ3) is 4.79. The van der Waals surface area contributed by atoms with Crippen LogP contribution in [0.1, 0.15) is 85.0 Å². The second kappa shape index (κ2) is 8.69. The van der Waals surface area contributed by atoms with Crippen molar-refractivity contribution < 1.29 is 4.79 Å². The normalized spacial score (nSPS) is 19.3. The Morgan fingerprint density at radius 3 is 1.85 bits per heavy atom. The van der Waals surface area contributed by atoms with E-state index in [2.05, 4.69) is 20.8 Å². The van der Waals surface area contributed by atoms with Gasteiger partial charge in [0.05, 0.1) is 5.92 Å². The topological polar surface area (TPSA) is 20.3 Å². The molecule has 1 atom stereocenters. The average Bonchev–Trinajstić information content (AvgIpc) is 2.45. The fourth-order valence-electron chi connectivity index (χ4n) is 3.50. The van der Waals surface area contributed by atoms with Crippen LogP contribution in [0.4, 0.5) is 0 Å². The van der Waals surface area contributed by atoms with E-state index >= 15 is 0 Å². The van der Waals surface area contributed by atoms with Gasteiger partial charge >= 0.3 is 0 Å². The maximum Gasteiger partial charge on any atom is 0.227 e. The highest BCUT2D eigenvalue weighted by Crippen LogP contribution is 2.43. The Kier molecular flexibility index (Phi) is 7.61. The zero-order valence-electron chi connectivity index (χ0n) is 14.2. The summed E-state index contributed by atoms with van der Waals surface area (Å²) in [6.07, 6.45) is 13.0. The number of amides is 1. The lowest BCUT2D eigenvalue weighted by Crippen LogP contribution is -2.56. The molecule has 0 bridgehead atoms. The molecule has 118 valence electrons. The van der Waals surface area contributed by atoms with Crippen LogP contribution in [0.5, 0.6) is 0 Å². The van der Waals surface area contributed by atoms with Crippen LogP contribution in [0.15, 0.2) is 0 Å². The van der Waals surface area contributed by atoms with Crippen molar-refractivity contribution in [2.45, 2.75) is 85.0 Å². The number of β-lactam (4-membered cyclic amide) rings is 1. The maximum absolute atomic E-state index is 12.1. The summed E-state index contributed by atoms with van der Waals surface area (Å²) < 4.78 is 0. The van der Waals surface area contributed by atoms with Crippen molar-refractivity contribution in [2.75, 3.05) is 13.6 Å². The van der Waals surface area contributed by atoms with Crippen LogP contribution >= 0.6 is 0 Å². The third-order valence-corrected chi connectivity index (χ3v) is 5.17. The molecule has 1 aliphatic heterocycles. The lowest BCUT2D eigenvalue weighted by molar-refractivity contribution is -0.154. The van der Waals surface area contributed by atoms with E-state index < -0.39 is 0 Å². The van der Waals surface area contributed by atoms with Crippen molar-refractivity contribution in [3.8, 4) is 0 Å². The number of hydrogen-bond acceptors (Lipinski definition) is 1. The van der Waals surface area contributed by atoms with Gasteiger partial charge < -0.3 is 4.90 Å². The van der Waals surface area contributed by atoms with Crippen LogP contribution in [-0.4, -0.2) is 24.4 Å². The van der Waals surface area contributed by atoms with E-state index in [0.29, 0.717) is 11.8 Å². The SMILES string of the molecule is CCCCCCC(C)(CCCCCC)C1CN(C)C1=O. The quantitative estimate of drug-likeness (QED) is 0.384. The number of likely N-dealkylation sites (tertiary alicyclic amines) is 1. The van der Waals surface area contributed by atoms with E-state index in [-0.39, 0.29) is 5.41 Å². The Labute approximate surface area is 126 Å². The molecular weight excluding hydrogens is 246 g/mol. The highest BCUT2D eigenvalue weighted by molar-refractivity contribution is 5.85. The molecule has 0 aliphatic carbocycles. The van der Waals surface area contributed by atoms with Gasteiger partial charge in [-0.05, 0) is 18.3 Å². The summed E-state index contributed by atoms with van der Waals surface area (Å²) >= 11 is 0. The van der Waals surface area contributed by atoms with E-state index in [1.807, 2.05) is 11.9 Å². The Bertz CT molecular complexity index is 275. The fourth-order valence-corrected chi connectivity index (χ4v) is 3.50. The number of rotatable bonds is 11. The van der Waals surface area contributed by atoms with Crippen molar-refractivity contribution in [2.24, 2.45) is 11.3 Å². The predicted octanol–water partition coefficient (Wildman–Crippen LogP) is 5.02. The predicted molar refractivity (Wildman–Crippen MR) is 86.8 cm³/mol. The van der Waals surface area contributed by atoms with Gasteiger partial charge in [-0.25, -0.2) is 0 Å². The van der Waals surface area contributed by atoms with Crippen LogP contribution in [0.25, 0.3) is 0 Å². The van der Waals surface area contributed by atoms with Crippen LogP contribution in [-0.2, 0) is 4.79 Å². The monoisotopic (exact) mass is 281 g/mol. The molecule has 0 saturated carbocycles. The number of nitrogens with zero attached hydrogens (tertiary/aromatic N) is 1. The molecular formula is C18H35NO. The van der Waals surface area contributed by atoms with Gasteiger partial charge in [-0.3, -0.25) is 4.79 Å². The van der Waals surface area contributed by atoms with Gasteiger partial charge in [0.2, 0.25) is 5.91 Å². The molecule has 0 spiro atoms. The molecule has 1 saturated heterocycles. The van der Waals surface area contributed by atoms with Crippen molar-refractivity contribution in [1.82, 2.24) is 4.90 Å². The molecule has 2 heteroatoms. The fraction of sp³-hybridized carbons (Fsp3) is 0.944. The first-order chi connectivity index (χ1) is 9.55. The second-order valence-corrected chi connectivity index (χ2v) is 7.05. The molecule has 0 aromatic carbocycles. The maximum atomic E-state index is 12.1. The smallest absolute Gasteiger partial charge is 0.227 e. The minimum absolute atomic E-state index is 0.255. The Morgan fingerprint density at radius 2 is 1.50 bits per heavy atom. The molecule has 0 aromatic heterocycles. The number of unbranched alkanes of at least 4 members (excludes halogenated alkanes) is 6. The van der Waals surface area contributed by atoms with Gasteiger partial charge in [0.25, 0.3) is 0 Å². The van der Waals surface area contributed by atoms with Gasteiger partial charge in [-0.2, -0.15) is 0 Å². The molecule has 20 heavy (non-hydrogen) atoms. The first kappa shape index (κ1) is 17.5. The largest absolute Gasteiger partial charge is 0.345 e. The first-order valence-electron chi connectivity index (χ1n) is 8.80. The van der Waals surface area contributed by atoms with Gasteiger partial charge in [0, 0.05) is 13.6 Å². The summed E-state index contributed by atoms with van der Waals surface area (Å²) in [6.45, 7) is 7.88. The summed E-state index contributed by atoms with van der Waals surface area (Å²) in [6, 6.07) is 0. The molecule has 1 heterocycles. The van der Waals surface area contributed by atoms with Gasteiger partial charge in [0.1, 0.15) is 0 Å². The molecule has 0 aromatic rings. The Balaban J connectivity index is 2.46. The summed E-state index contributed by atoms with van der Waals surface area (Å²) in [5.41, 5.74) is 0.255. The third-order valence-electron chi connectivity index (χ3n) is 5.17. The Morgan fingerprint density at radius 1 is 1.00 bits per heavy atom. The first-order valence-corrected chi connectivity index (χ1v) is 8.80. The van der Waals surface area contributed by atoms with E-state index in [9.17, 15) is 4.79 Å². The summed E-state index contributed by atoms with van der Waals surface area (Å²) in [7, 11) is 1.94. The van der Waals surface area contributed by atoms with Crippen LogP contribution < -0.4 is 0 Å². The number of hydrogen-bond donors (Lipinski definition) is 0. The second-order valence-electron chi connectivity index (χ2n) is 7.05. The zero-order valence-corrected chi connectivity index (χ0v) is 14.2. The molecule has 0 radical (unpaired) electrons. The van der Waals surface area contributed by atoms with E-state index in [4.69, 9.17) is 0 Å². The molecule has 1 aliphatic rings. The summed E-state index contributed by atoms with van der Waals surface area (Å²) in [4.78, 5) is 14.0. The van der Waals surface area contributed by atoms with Crippen molar-refractivity contribution in [3.05, 3.63) is 0 Å². The molecule has 0 N–H and O–H groups in total. The lowest BCUT2D eigenvalue weighted by atomic mass is 9.66. The minimum Gasteiger partial charge on any atom is -0.345 e. The van der Waals surface area contributed by atoms with Gasteiger partial charge in [0.15, 0.2) is 0 Å². The summed E-state index contributed by atoms with van der Waals surface area (Å²) in [5.74, 6) is 0.689. The number of carbonyl (C=O) groups is 1. The molecule has 1 fully saturated rings. The van der Waals surface area contributed by atoms with Crippen molar-refractivity contribution >= 4 is 5.91 Å². The number of carbonyl (C=O) groups excluding carboxylic acids is 1. The van der Waals surface area contributed by atoms with Crippen LogP contribution in [0.3, 0.4) is 0 Å². The molecule has 1 rings (SSSR count). The van der Waals surface area contributed by atoms with Gasteiger partial charge in [-0.1, -0.05) is 72.1 Å². The van der Waals surface area contributed by atoms with E-state index in [1.165, 1.54) is 64.2 Å². The van der Waals surface area contributed by atoms with Crippen LogP contribution in [0, 0.1) is 11.3 Å². The zero-order chi connectivity index (χ0) is 15.0. The lowest BCUT2D eigenvalue weighted by Gasteiger charge is -2.47. The average molecular weight is 281 g/mol. The van der Waals surface area contributed by atoms with Crippen LogP contribution in [0.2, 0.25) is 0 Å².